The highest BCUT2D eigenvalue weighted by atomic mass is 32.2. The first kappa shape index (κ1) is 18.7. The predicted octanol–water partition coefficient (Wildman–Crippen LogP) is 2.86. The van der Waals surface area contributed by atoms with Crippen molar-refractivity contribution in [3.05, 3.63) is 23.8 Å². The Bertz CT molecular complexity index is 769. The second-order valence-corrected chi connectivity index (χ2v) is 7.71. The molecule has 1 aromatic heterocycles. The van der Waals surface area contributed by atoms with E-state index in [0.717, 1.165) is 24.1 Å². The van der Waals surface area contributed by atoms with Gasteiger partial charge < -0.3 is 9.64 Å². The molecule has 2 heterocycles. The largest absolute Gasteiger partial charge is 0.494 e. The van der Waals surface area contributed by atoms with Crippen LogP contribution in [0.1, 0.15) is 38.7 Å². The molecule has 0 N–H and O–H groups in total. The van der Waals surface area contributed by atoms with E-state index in [2.05, 4.69) is 29.4 Å². The van der Waals surface area contributed by atoms with Gasteiger partial charge in [-0.2, -0.15) is 4.68 Å². The predicted molar refractivity (Wildman–Crippen MR) is 101 cm³/mol. The van der Waals surface area contributed by atoms with Gasteiger partial charge in [0.05, 0.1) is 12.9 Å². The number of rotatable bonds is 5. The molecule has 7 nitrogen and oxygen atoms in total. The molecule has 1 aliphatic rings. The molecule has 0 aliphatic carbocycles. The second kappa shape index (κ2) is 8.07. The molecular formula is C18H25N5O2S. The zero-order chi connectivity index (χ0) is 18.7. The molecule has 2 atom stereocenters. The minimum Gasteiger partial charge on any atom is -0.494 e. The lowest BCUT2D eigenvalue weighted by molar-refractivity contribution is -0.134. The van der Waals surface area contributed by atoms with Crippen LogP contribution in [0.25, 0.3) is 5.69 Å². The zero-order valence-corrected chi connectivity index (χ0v) is 16.5. The number of aryl methyl sites for hydroxylation is 1. The molecule has 0 spiro atoms. The van der Waals surface area contributed by atoms with Gasteiger partial charge in [-0.15, -0.1) is 5.10 Å². The Labute approximate surface area is 158 Å². The number of ether oxygens (including phenoxy) is 1. The van der Waals surface area contributed by atoms with Crippen LogP contribution in [0.2, 0.25) is 0 Å². The van der Waals surface area contributed by atoms with E-state index < -0.39 is 0 Å². The highest BCUT2D eigenvalue weighted by Gasteiger charge is 2.29. The third-order valence-electron chi connectivity index (χ3n) is 4.81. The van der Waals surface area contributed by atoms with E-state index in [1.807, 2.05) is 30.0 Å². The van der Waals surface area contributed by atoms with E-state index in [0.29, 0.717) is 28.7 Å². The quantitative estimate of drug-likeness (QED) is 0.748. The van der Waals surface area contributed by atoms with Crippen molar-refractivity contribution in [3.63, 3.8) is 0 Å². The lowest BCUT2D eigenvalue weighted by atomic mass is 9.98. The smallest absolute Gasteiger partial charge is 0.233 e. The monoisotopic (exact) mass is 375 g/mol. The Morgan fingerprint density at radius 2 is 2.04 bits per heavy atom. The van der Waals surface area contributed by atoms with Crippen molar-refractivity contribution in [2.45, 2.75) is 57.3 Å². The van der Waals surface area contributed by atoms with Crippen LogP contribution in [0.3, 0.4) is 0 Å². The average Bonchev–Trinajstić information content (AvgIpc) is 3.08. The molecule has 0 saturated carbocycles. The van der Waals surface area contributed by atoms with Gasteiger partial charge in [0, 0.05) is 12.1 Å². The molecular weight excluding hydrogens is 350 g/mol. The van der Waals surface area contributed by atoms with E-state index in [-0.39, 0.29) is 5.91 Å². The number of piperidine rings is 1. The maximum Gasteiger partial charge on any atom is 0.233 e. The zero-order valence-electron chi connectivity index (χ0n) is 15.7. The molecule has 8 heteroatoms. The minimum atomic E-state index is 0.139. The highest BCUT2D eigenvalue weighted by Crippen LogP contribution is 2.28. The fourth-order valence-electron chi connectivity index (χ4n) is 3.50. The van der Waals surface area contributed by atoms with E-state index in [1.54, 1.807) is 11.8 Å². The van der Waals surface area contributed by atoms with Crippen molar-refractivity contribution in [2.24, 2.45) is 0 Å². The molecule has 1 aliphatic heterocycles. The molecule has 140 valence electrons. The van der Waals surface area contributed by atoms with Crippen LogP contribution in [-0.4, -0.2) is 56.0 Å². The number of benzene rings is 1. The van der Waals surface area contributed by atoms with Crippen molar-refractivity contribution in [1.82, 2.24) is 25.1 Å². The summed E-state index contributed by atoms with van der Waals surface area (Å²) in [6.07, 6.45) is 3.32. The summed E-state index contributed by atoms with van der Waals surface area (Å²) in [4.78, 5) is 14.8. The van der Waals surface area contributed by atoms with Gasteiger partial charge in [-0.05, 0) is 68.2 Å². The van der Waals surface area contributed by atoms with E-state index in [4.69, 9.17) is 4.74 Å². The SMILES string of the molecule is COc1ccc(C)cc1-n1nnnc1SCC(=O)N1[C@H](C)CCC[C@@H]1C. The Morgan fingerprint density at radius 3 is 2.73 bits per heavy atom. The third kappa shape index (κ3) is 3.85. The Hall–Kier alpha value is -2.09. The van der Waals surface area contributed by atoms with Crippen molar-refractivity contribution < 1.29 is 9.53 Å². The number of thioether (sulfide) groups is 1. The van der Waals surface area contributed by atoms with Crippen LogP contribution in [-0.2, 0) is 4.79 Å². The third-order valence-corrected chi connectivity index (χ3v) is 5.71. The standard InChI is InChI=1S/C18H25N5O2S/c1-12-8-9-16(25-4)15(10-12)23-18(19-20-21-23)26-11-17(24)22-13(2)6-5-7-14(22)3/h8-10,13-14H,5-7,11H2,1-4H3/t13-,14+. The number of hydrogen-bond donors (Lipinski definition) is 0. The molecule has 1 amide bonds. The minimum absolute atomic E-state index is 0.139. The molecule has 0 bridgehead atoms. The van der Waals surface area contributed by atoms with Crippen LogP contribution >= 0.6 is 11.8 Å². The van der Waals surface area contributed by atoms with Gasteiger partial charge in [0.25, 0.3) is 0 Å². The molecule has 1 fully saturated rings. The first-order valence-corrected chi connectivity index (χ1v) is 9.87. The summed E-state index contributed by atoms with van der Waals surface area (Å²) in [5.41, 5.74) is 1.85. The number of nitrogens with zero attached hydrogens (tertiary/aromatic N) is 5. The molecule has 1 saturated heterocycles. The van der Waals surface area contributed by atoms with Gasteiger partial charge in [0.1, 0.15) is 11.4 Å². The van der Waals surface area contributed by atoms with Crippen LogP contribution in [0.5, 0.6) is 5.75 Å². The van der Waals surface area contributed by atoms with E-state index in [9.17, 15) is 4.79 Å². The fraction of sp³-hybridized carbons (Fsp3) is 0.556. The normalized spacial score (nSPS) is 20.2. The number of carbonyl (C=O) groups is 1. The van der Waals surface area contributed by atoms with E-state index in [1.165, 1.54) is 18.2 Å². The first-order valence-electron chi connectivity index (χ1n) is 8.88. The molecule has 2 aromatic rings. The summed E-state index contributed by atoms with van der Waals surface area (Å²) < 4.78 is 7.06. The van der Waals surface area contributed by atoms with Crippen molar-refractivity contribution in [3.8, 4) is 11.4 Å². The Kier molecular flexibility index (Phi) is 5.80. The Morgan fingerprint density at radius 1 is 1.31 bits per heavy atom. The summed E-state index contributed by atoms with van der Waals surface area (Å²) in [6.45, 7) is 6.25. The molecule has 0 radical (unpaired) electrons. The van der Waals surface area contributed by atoms with Crippen molar-refractivity contribution in [1.29, 1.82) is 0 Å². The fourth-order valence-corrected chi connectivity index (χ4v) is 4.25. The average molecular weight is 375 g/mol. The van der Waals surface area contributed by atoms with Gasteiger partial charge >= 0.3 is 0 Å². The van der Waals surface area contributed by atoms with E-state index >= 15 is 0 Å². The summed E-state index contributed by atoms with van der Waals surface area (Å²) in [7, 11) is 1.62. The lowest BCUT2D eigenvalue weighted by Gasteiger charge is -2.39. The van der Waals surface area contributed by atoms with Crippen LogP contribution in [0.4, 0.5) is 0 Å². The summed E-state index contributed by atoms with van der Waals surface area (Å²) >= 11 is 1.36. The number of hydrogen-bond acceptors (Lipinski definition) is 6. The summed E-state index contributed by atoms with van der Waals surface area (Å²) in [6, 6.07) is 6.42. The van der Waals surface area contributed by atoms with Gasteiger partial charge in [0.2, 0.25) is 11.1 Å². The summed E-state index contributed by atoms with van der Waals surface area (Å²) in [5, 5.41) is 12.5. The lowest BCUT2D eigenvalue weighted by Crippen LogP contribution is -2.48. The molecule has 3 rings (SSSR count). The van der Waals surface area contributed by atoms with Crippen LogP contribution < -0.4 is 4.74 Å². The topological polar surface area (TPSA) is 73.1 Å². The number of methoxy groups -OCH3 is 1. The number of amides is 1. The van der Waals surface area contributed by atoms with Gasteiger partial charge in [-0.25, -0.2) is 0 Å². The number of likely N-dealkylation sites (tertiary alicyclic amines) is 1. The first-order chi connectivity index (χ1) is 12.5. The Balaban J connectivity index is 1.76. The number of aromatic nitrogens is 4. The number of carbonyl (C=O) groups excluding carboxylic acids is 1. The molecule has 26 heavy (non-hydrogen) atoms. The highest BCUT2D eigenvalue weighted by molar-refractivity contribution is 7.99. The van der Waals surface area contributed by atoms with Gasteiger partial charge in [-0.3, -0.25) is 4.79 Å². The van der Waals surface area contributed by atoms with Crippen LogP contribution in [0, 0.1) is 6.92 Å². The van der Waals surface area contributed by atoms with Crippen LogP contribution in [0.15, 0.2) is 23.4 Å². The number of tetrazole rings is 1. The maximum absolute atomic E-state index is 12.7. The molecule has 0 unspecified atom stereocenters. The maximum atomic E-state index is 12.7. The second-order valence-electron chi connectivity index (χ2n) is 6.77. The van der Waals surface area contributed by atoms with Gasteiger partial charge in [0.15, 0.2) is 0 Å². The van der Waals surface area contributed by atoms with Crippen molar-refractivity contribution in [2.75, 3.05) is 12.9 Å². The molecule has 1 aromatic carbocycles. The van der Waals surface area contributed by atoms with Crippen molar-refractivity contribution >= 4 is 17.7 Å². The summed E-state index contributed by atoms with van der Waals surface area (Å²) in [5.74, 6) is 1.15. The van der Waals surface area contributed by atoms with Gasteiger partial charge in [-0.1, -0.05) is 17.8 Å².